The Kier molecular flexibility index (Phi) is 3.83. The van der Waals surface area contributed by atoms with Gasteiger partial charge in [-0.2, -0.15) is 0 Å². The molecule has 118 valence electrons. The second-order valence-electron chi connectivity index (χ2n) is 5.04. The van der Waals surface area contributed by atoms with Gasteiger partial charge in [-0.15, -0.1) is 10.2 Å². The fourth-order valence-electron chi connectivity index (χ4n) is 2.35. The van der Waals surface area contributed by atoms with Crippen molar-refractivity contribution in [2.45, 2.75) is 17.3 Å². The maximum absolute atomic E-state index is 12.7. The van der Waals surface area contributed by atoms with Crippen LogP contribution in [0.15, 0.2) is 29.6 Å². The molecular weight excluding hydrogens is 308 g/mol. The van der Waals surface area contributed by atoms with Gasteiger partial charge in [-0.1, -0.05) is 6.07 Å². The lowest BCUT2D eigenvalue weighted by molar-refractivity contribution is -0.134. The number of fused-ring (bicyclic) bond motifs is 1. The lowest BCUT2D eigenvalue weighted by atomic mass is 10.3. The first-order valence-electron chi connectivity index (χ1n) is 6.92. The maximum Gasteiger partial charge on any atom is 0.254 e. The van der Waals surface area contributed by atoms with Crippen molar-refractivity contribution in [3.63, 3.8) is 0 Å². The van der Waals surface area contributed by atoms with Crippen LogP contribution >= 0.6 is 0 Å². The monoisotopic (exact) mass is 324 g/mol. The molecule has 0 N–H and O–H groups in total. The average Bonchev–Trinajstić information content (AvgIpc) is 2.99. The third-order valence-corrected chi connectivity index (χ3v) is 5.59. The van der Waals surface area contributed by atoms with E-state index in [0.29, 0.717) is 32.0 Å². The van der Waals surface area contributed by atoms with Crippen LogP contribution in [0, 0.1) is 0 Å². The lowest BCUT2D eigenvalue weighted by Crippen LogP contribution is -2.47. The number of carbonyl (C=O) groups is 1. The zero-order valence-corrected chi connectivity index (χ0v) is 12.9. The molecule has 2 aromatic rings. The van der Waals surface area contributed by atoms with Gasteiger partial charge in [0.05, 0.1) is 13.2 Å². The Hall–Kier alpha value is -2.00. The summed E-state index contributed by atoms with van der Waals surface area (Å²) in [6, 6.07) is 5.08. The van der Waals surface area contributed by atoms with Gasteiger partial charge in [0.2, 0.25) is 15.7 Å². The van der Waals surface area contributed by atoms with E-state index in [1.54, 1.807) is 24.4 Å². The number of nitrogens with zero attached hydrogens (tertiary/aromatic N) is 4. The molecule has 1 amide bonds. The Morgan fingerprint density at radius 1 is 1.27 bits per heavy atom. The topological polar surface area (TPSA) is 93.9 Å². The number of rotatable bonds is 3. The van der Waals surface area contributed by atoms with E-state index in [9.17, 15) is 13.2 Å². The number of ether oxygens (including phenoxy) is 1. The molecular formula is C13H16N4O4S. The minimum Gasteiger partial charge on any atom is -0.378 e. The second-order valence-corrected chi connectivity index (χ2v) is 7.20. The summed E-state index contributed by atoms with van der Waals surface area (Å²) >= 11 is 0. The number of sulfone groups is 1. The van der Waals surface area contributed by atoms with Crippen LogP contribution in [0.25, 0.3) is 5.65 Å². The summed E-state index contributed by atoms with van der Waals surface area (Å²) in [6.07, 6.45) is 1.56. The fourth-order valence-corrected chi connectivity index (χ4v) is 3.66. The smallest absolute Gasteiger partial charge is 0.254 e. The van der Waals surface area contributed by atoms with Crippen LogP contribution in [0.1, 0.15) is 6.92 Å². The number of morpholine rings is 1. The Morgan fingerprint density at radius 2 is 2.00 bits per heavy atom. The number of aromatic nitrogens is 3. The molecule has 1 saturated heterocycles. The van der Waals surface area contributed by atoms with Crippen molar-refractivity contribution in [2.24, 2.45) is 0 Å². The molecule has 0 radical (unpaired) electrons. The molecule has 0 saturated carbocycles. The van der Waals surface area contributed by atoms with Crippen molar-refractivity contribution in [3.05, 3.63) is 24.4 Å². The zero-order chi connectivity index (χ0) is 15.7. The first kappa shape index (κ1) is 14.9. The SMILES string of the molecule is C[C@@H](C(=O)N1CCOCC1)S(=O)(=O)c1nnc2ccccn12. The Morgan fingerprint density at radius 3 is 2.73 bits per heavy atom. The first-order valence-corrected chi connectivity index (χ1v) is 8.46. The number of hydrogen-bond acceptors (Lipinski definition) is 6. The molecule has 0 aliphatic carbocycles. The molecule has 0 spiro atoms. The van der Waals surface area contributed by atoms with E-state index in [2.05, 4.69) is 10.2 Å². The molecule has 9 heteroatoms. The largest absolute Gasteiger partial charge is 0.378 e. The molecule has 3 heterocycles. The van der Waals surface area contributed by atoms with Gasteiger partial charge in [0.15, 0.2) is 5.65 Å². The minimum absolute atomic E-state index is 0.211. The number of pyridine rings is 1. The van der Waals surface area contributed by atoms with Gasteiger partial charge in [0, 0.05) is 19.3 Å². The fraction of sp³-hybridized carbons (Fsp3) is 0.462. The Bertz CT molecular complexity index is 795. The van der Waals surface area contributed by atoms with Crippen molar-refractivity contribution in [3.8, 4) is 0 Å². The van der Waals surface area contributed by atoms with Crippen LogP contribution in [-0.4, -0.2) is 65.4 Å². The Labute approximate surface area is 127 Å². The van der Waals surface area contributed by atoms with Gasteiger partial charge < -0.3 is 9.64 Å². The van der Waals surface area contributed by atoms with Crippen LogP contribution in [0.4, 0.5) is 0 Å². The molecule has 8 nitrogen and oxygen atoms in total. The van der Waals surface area contributed by atoms with E-state index in [1.165, 1.54) is 16.2 Å². The molecule has 0 bridgehead atoms. The molecule has 1 fully saturated rings. The van der Waals surface area contributed by atoms with E-state index in [0.717, 1.165) is 0 Å². The molecule has 1 atom stereocenters. The molecule has 22 heavy (non-hydrogen) atoms. The predicted octanol–water partition coefficient (Wildman–Crippen LogP) is -0.250. The van der Waals surface area contributed by atoms with E-state index in [4.69, 9.17) is 4.74 Å². The summed E-state index contributed by atoms with van der Waals surface area (Å²) < 4.78 is 31.9. The Balaban J connectivity index is 1.93. The summed E-state index contributed by atoms with van der Waals surface area (Å²) in [4.78, 5) is 13.9. The van der Waals surface area contributed by atoms with E-state index < -0.39 is 21.0 Å². The standard InChI is InChI=1S/C13H16N4O4S/c1-10(12(18)16-6-8-21-9-7-16)22(19,20)13-15-14-11-4-2-3-5-17(11)13/h2-5,10H,6-9H2,1H3/t10-/m0/s1. The van der Waals surface area contributed by atoms with E-state index in [-0.39, 0.29) is 5.16 Å². The third-order valence-electron chi connectivity index (χ3n) is 3.67. The molecule has 3 rings (SSSR count). The molecule has 0 unspecified atom stereocenters. The van der Waals surface area contributed by atoms with Gasteiger partial charge in [-0.3, -0.25) is 9.20 Å². The van der Waals surface area contributed by atoms with Crippen molar-refractivity contribution in [2.75, 3.05) is 26.3 Å². The van der Waals surface area contributed by atoms with Crippen molar-refractivity contribution in [1.82, 2.24) is 19.5 Å². The summed E-state index contributed by atoms with van der Waals surface area (Å²) in [7, 11) is -3.91. The lowest BCUT2D eigenvalue weighted by Gasteiger charge is -2.28. The van der Waals surface area contributed by atoms with Crippen molar-refractivity contribution < 1.29 is 17.9 Å². The zero-order valence-electron chi connectivity index (χ0n) is 12.0. The summed E-state index contributed by atoms with van der Waals surface area (Å²) in [5.41, 5.74) is 0.423. The minimum atomic E-state index is -3.91. The van der Waals surface area contributed by atoms with Gasteiger partial charge >= 0.3 is 0 Å². The average molecular weight is 324 g/mol. The van der Waals surface area contributed by atoms with Crippen molar-refractivity contribution >= 4 is 21.4 Å². The molecule has 1 aliphatic rings. The molecule has 1 aliphatic heterocycles. The number of amides is 1. The quantitative estimate of drug-likeness (QED) is 0.773. The van der Waals surface area contributed by atoms with Crippen LogP contribution in [0.3, 0.4) is 0 Å². The highest BCUT2D eigenvalue weighted by Gasteiger charge is 2.36. The van der Waals surface area contributed by atoms with Gasteiger partial charge in [-0.25, -0.2) is 8.42 Å². The van der Waals surface area contributed by atoms with Gasteiger partial charge in [0.25, 0.3) is 5.16 Å². The molecule has 2 aromatic heterocycles. The highest BCUT2D eigenvalue weighted by molar-refractivity contribution is 7.92. The number of hydrogen-bond donors (Lipinski definition) is 0. The van der Waals surface area contributed by atoms with E-state index in [1.807, 2.05) is 0 Å². The van der Waals surface area contributed by atoms with Crippen LogP contribution < -0.4 is 0 Å². The van der Waals surface area contributed by atoms with Gasteiger partial charge in [0.1, 0.15) is 5.25 Å². The van der Waals surface area contributed by atoms with Crippen molar-refractivity contribution in [1.29, 1.82) is 0 Å². The van der Waals surface area contributed by atoms with Crippen LogP contribution in [0.2, 0.25) is 0 Å². The first-order chi connectivity index (χ1) is 10.5. The van der Waals surface area contributed by atoms with Crippen LogP contribution in [-0.2, 0) is 19.4 Å². The summed E-state index contributed by atoms with van der Waals surface area (Å²) in [5, 5.41) is 6.15. The number of carbonyl (C=O) groups excluding carboxylic acids is 1. The predicted molar refractivity (Wildman–Crippen MR) is 77.0 cm³/mol. The summed E-state index contributed by atoms with van der Waals surface area (Å²) in [5.74, 6) is -0.434. The summed E-state index contributed by atoms with van der Waals surface area (Å²) in [6.45, 7) is 3.04. The van der Waals surface area contributed by atoms with Crippen LogP contribution in [0.5, 0.6) is 0 Å². The van der Waals surface area contributed by atoms with E-state index >= 15 is 0 Å². The second kappa shape index (κ2) is 5.65. The third kappa shape index (κ3) is 2.46. The normalized spacial score (nSPS) is 17.6. The van der Waals surface area contributed by atoms with Gasteiger partial charge in [-0.05, 0) is 19.1 Å². The highest BCUT2D eigenvalue weighted by atomic mass is 32.2. The molecule has 0 aromatic carbocycles. The highest BCUT2D eigenvalue weighted by Crippen LogP contribution is 2.17. The maximum atomic E-state index is 12.7.